The normalized spacial score (nSPS) is 10.7. The van der Waals surface area contributed by atoms with Crippen molar-refractivity contribution < 1.29 is 14.3 Å². The van der Waals surface area contributed by atoms with Crippen molar-refractivity contribution in [3.8, 4) is 0 Å². The molecule has 0 fully saturated rings. The van der Waals surface area contributed by atoms with Gasteiger partial charge in [-0.3, -0.25) is 4.79 Å². The molecule has 23 heavy (non-hydrogen) atoms. The van der Waals surface area contributed by atoms with Crippen molar-refractivity contribution in [3.05, 3.63) is 75.8 Å². The van der Waals surface area contributed by atoms with E-state index in [9.17, 15) is 9.59 Å². The fourth-order valence-corrected chi connectivity index (χ4v) is 2.39. The van der Waals surface area contributed by atoms with Crippen LogP contribution in [0.2, 0.25) is 0 Å². The summed E-state index contributed by atoms with van der Waals surface area (Å²) in [6, 6.07) is 14.8. The van der Waals surface area contributed by atoms with Crippen molar-refractivity contribution >= 4 is 33.8 Å². The van der Waals surface area contributed by atoms with E-state index in [0.717, 1.165) is 22.0 Å². The standard InChI is InChI=1S/C19H17BrO3/c1-2-14-6-9-16(10-7-14)18(21)13-23-19(22)11-8-15-4-3-5-17(20)12-15/h3-12H,2,13H2,1H3/b11-8+. The highest BCUT2D eigenvalue weighted by Gasteiger charge is 2.08. The third-order valence-electron chi connectivity index (χ3n) is 3.29. The van der Waals surface area contributed by atoms with Crippen LogP contribution >= 0.6 is 15.9 Å². The molecule has 3 nitrogen and oxygen atoms in total. The molecule has 0 aliphatic carbocycles. The fourth-order valence-electron chi connectivity index (χ4n) is 1.97. The lowest BCUT2D eigenvalue weighted by Crippen LogP contribution is -2.12. The van der Waals surface area contributed by atoms with E-state index in [2.05, 4.69) is 22.9 Å². The first kappa shape index (κ1) is 17.2. The molecule has 0 radical (unpaired) electrons. The Hall–Kier alpha value is -2.20. The zero-order valence-electron chi connectivity index (χ0n) is 12.8. The Morgan fingerprint density at radius 2 is 1.87 bits per heavy atom. The van der Waals surface area contributed by atoms with E-state index in [1.807, 2.05) is 36.4 Å². The maximum atomic E-state index is 12.0. The monoisotopic (exact) mass is 372 g/mol. The highest BCUT2D eigenvalue weighted by Crippen LogP contribution is 2.12. The molecule has 0 atom stereocenters. The number of halogens is 1. The average Bonchev–Trinajstić information content (AvgIpc) is 2.58. The van der Waals surface area contributed by atoms with Crippen molar-refractivity contribution in [2.45, 2.75) is 13.3 Å². The summed E-state index contributed by atoms with van der Waals surface area (Å²) in [5.74, 6) is -0.750. The van der Waals surface area contributed by atoms with Gasteiger partial charge in [-0.2, -0.15) is 0 Å². The number of esters is 1. The quantitative estimate of drug-likeness (QED) is 0.427. The van der Waals surface area contributed by atoms with Crippen LogP contribution in [0.25, 0.3) is 6.08 Å². The third kappa shape index (κ3) is 5.49. The van der Waals surface area contributed by atoms with E-state index in [4.69, 9.17) is 4.74 Å². The predicted octanol–water partition coefficient (Wildman–Crippen LogP) is 4.45. The van der Waals surface area contributed by atoms with E-state index in [1.165, 1.54) is 6.08 Å². The Bertz CT molecular complexity index is 718. The molecule has 0 spiro atoms. The third-order valence-corrected chi connectivity index (χ3v) is 3.78. The van der Waals surface area contributed by atoms with E-state index < -0.39 is 5.97 Å². The number of hydrogen-bond acceptors (Lipinski definition) is 3. The number of ketones is 1. The minimum atomic E-state index is -0.538. The second kappa shape index (κ2) is 8.44. The number of carbonyl (C=O) groups is 2. The molecule has 4 heteroatoms. The first-order valence-corrected chi connectivity index (χ1v) is 8.10. The molecule has 0 aliphatic heterocycles. The van der Waals surface area contributed by atoms with Gasteiger partial charge in [0.2, 0.25) is 0 Å². The van der Waals surface area contributed by atoms with Crippen molar-refractivity contribution in [2.24, 2.45) is 0 Å². The molecule has 0 bridgehead atoms. The Labute approximate surface area is 144 Å². The van der Waals surface area contributed by atoms with Gasteiger partial charge in [-0.15, -0.1) is 0 Å². The summed E-state index contributed by atoms with van der Waals surface area (Å²) in [7, 11) is 0. The van der Waals surface area contributed by atoms with Gasteiger partial charge in [0.25, 0.3) is 0 Å². The number of hydrogen-bond donors (Lipinski definition) is 0. The second-order valence-electron chi connectivity index (χ2n) is 4.97. The number of ether oxygens (including phenoxy) is 1. The Kier molecular flexibility index (Phi) is 6.29. The van der Waals surface area contributed by atoms with Gasteiger partial charge in [0, 0.05) is 16.1 Å². The summed E-state index contributed by atoms with van der Waals surface area (Å²) in [4.78, 5) is 23.6. The zero-order valence-corrected chi connectivity index (χ0v) is 14.4. The van der Waals surface area contributed by atoms with E-state index in [1.54, 1.807) is 18.2 Å². The zero-order chi connectivity index (χ0) is 16.7. The Morgan fingerprint density at radius 1 is 1.13 bits per heavy atom. The first-order chi connectivity index (χ1) is 11.1. The van der Waals surface area contributed by atoms with E-state index >= 15 is 0 Å². The van der Waals surface area contributed by atoms with Gasteiger partial charge in [-0.1, -0.05) is 59.3 Å². The van der Waals surface area contributed by atoms with E-state index in [0.29, 0.717) is 5.56 Å². The summed E-state index contributed by atoms with van der Waals surface area (Å²) < 4.78 is 5.91. The van der Waals surface area contributed by atoms with Gasteiger partial charge in [-0.05, 0) is 35.8 Å². The largest absolute Gasteiger partial charge is 0.454 e. The number of aryl methyl sites for hydroxylation is 1. The molecule has 2 aromatic carbocycles. The molecule has 0 aliphatic rings. The van der Waals surface area contributed by atoms with Crippen molar-refractivity contribution in [1.82, 2.24) is 0 Å². The predicted molar refractivity (Wildman–Crippen MR) is 94.3 cm³/mol. The van der Waals surface area contributed by atoms with Crippen molar-refractivity contribution in [2.75, 3.05) is 6.61 Å². The molecule has 0 saturated carbocycles. The van der Waals surface area contributed by atoms with Crippen LogP contribution in [-0.2, 0) is 16.0 Å². The molecule has 0 N–H and O–H groups in total. The summed E-state index contributed by atoms with van der Waals surface area (Å²) in [6.45, 7) is 1.79. The molecule has 118 valence electrons. The highest BCUT2D eigenvalue weighted by atomic mass is 79.9. The van der Waals surface area contributed by atoms with Crippen LogP contribution in [0.3, 0.4) is 0 Å². The van der Waals surface area contributed by atoms with Gasteiger partial charge in [-0.25, -0.2) is 4.79 Å². The van der Waals surface area contributed by atoms with Crippen LogP contribution in [0.4, 0.5) is 0 Å². The lowest BCUT2D eigenvalue weighted by Gasteiger charge is -2.03. The summed E-state index contributed by atoms with van der Waals surface area (Å²) >= 11 is 3.36. The van der Waals surface area contributed by atoms with Gasteiger partial charge in [0.05, 0.1) is 0 Å². The fraction of sp³-hybridized carbons (Fsp3) is 0.158. The summed E-state index contributed by atoms with van der Waals surface area (Å²) in [6.07, 6.45) is 3.88. The number of rotatable bonds is 6. The summed E-state index contributed by atoms with van der Waals surface area (Å²) in [5, 5.41) is 0. The van der Waals surface area contributed by atoms with Crippen molar-refractivity contribution in [3.63, 3.8) is 0 Å². The topological polar surface area (TPSA) is 43.4 Å². The molecular weight excluding hydrogens is 356 g/mol. The highest BCUT2D eigenvalue weighted by molar-refractivity contribution is 9.10. The van der Waals surface area contributed by atoms with Crippen LogP contribution in [-0.4, -0.2) is 18.4 Å². The molecule has 0 aromatic heterocycles. The SMILES string of the molecule is CCc1ccc(C(=O)COC(=O)/C=C/c2cccc(Br)c2)cc1. The first-order valence-electron chi connectivity index (χ1n) is 7.31. The summed E-state index contributed by atoms with van der Waals surface area (Å²) in [5.41, 5.74) is 2.58. The number of benzene rings is 2. The minimum Gasteiger partial charge on any atom is -0.454 e. The van der Waals surface area contributed by atoms with Crippen LogP contribution in [0.5, 0.6) is 0 Å². The smallest absolute Gasteiger partial charge is 0.331 e. The van der Waals surface area contributed by atoms with Gasteiger partial charge in [0.15, 0.2) is 12.4 Å². The lowest BCUT2D eigenvalue weighted by atomic mass is 10.1. The van der Waals surface area contributed by atoms with Crippen LogP contribution in [0.15, 0.2) is 59.1 Å². The number of carbonyl (C=O) groups excluding carboxylic acids is 2. The molecule has 0 amide bonds. The lowest BCUT2D eigenvalue weighted by molar-refractivity contribution is -0.136. The maximum absolute atomic E-state index is 12.0. The molecule has 2 aromatic rings. The molecule has 0 saturated heterocycles. The maximum Gasteiger partial charge on any atom is 0.331 e. The molecule has 0 heterocycles. The van der Waals surface area contributed by atoms with Crippen LogP contribution in [0.1, 0.15) is 28.4 Å². The Balaban J connectivity index is 1.87. The van der Waals surface area contributed by atoms with Crippen molar-refractivity contribution in [1.29, 1.82) is 0 Å². The minimum absolute atomic E-state index is 0.211. The van der Waals surface area contributed by atoms with E-state index in [-0.39, 0.29) is 12.4 Å². The Morgan fingerprint density at radius 3 is 2.52 bits per heavy atom. The molecular formula is C19H17BrO3. The van der Waals surface area contributed by atoms with Gasteiger partial charge >= 0.3 is 5.97 Å². The van der Waals surface area contributed by atoms with Gasteiger partial charge < -0.3 is 4.74 Å². The molecule has 2 rings (SSSR count). The second-order valence-corrected chi connectivity index (χ2v) is 5.89. The van der Waals surface area contributed by atoms with Crippen LogP contribution in [0, 0.1) is 0 Å². The average molecular weight is 373 g/mol. The van der Waals surface area contributed by atoms with Gasteiger partial charge in [0.1, 0.15) is 0 Å². The van der Waals surface area contributed by atoms with Crippen LogP contribution < -0.4 is 0 Å². The molecule has 0 unspecified atom stereocenters. The number of Topliss-reactive ketones (excluding diaryl/α,β-unsaturated/α-hetero) is 1.